The van der Waals surface area contributed by atoms with Gasteiger partial charge in [0, 0.05) is 29.4 Å². The fraction of sp³-hybridized carbons (Fsp3) is 0.324. The number of fused-ring (bicyclic) bond motifs is 1. The summed E-state index contributed by atoms with van der Waals surface area (Å²) in [5, 5.41) is 6.26. The third kappa shape index (κ3) is 8.52. The fourth-order valence-corrected chi connectivity index (χ4v) is 6.63. The number of sulfone groups is 1. The largest absolute Gasteiger partial charge is 0.491 e. The van der Waals surface area contributed by atoms with Crippen molar-refractivity contribution in [2.24, 2.45) is 0 Å². The maximum atomic E-state index is 14.4. The average molecular weight is 703 g/mol. The van der Waals surface area contributed by atoms with Crippen molar-refractivity contribution in [1.29, 1.82) is 0 Å². The Morgan fingerprint density at radius 2 is 1.71 bits per heavy atom. The zero-order valence-corrected chi connectivity index (χ0v) is 28.1. The molecule has 0 radical (unpaired) electrons. The van der Waals surface area contributed by atoms with E-state index in [2.05, 4.69) is 15.6 Å². The number of nitrogens with two attached hydrogens (primary N) is 1. The molecule has 3 aromatic carbocycles. The number of aromatic nitrogens is 1. The van der Waals surface area contributed by atoms with Crippen LogP contribution in [0.25, 0.3) is 10.8 Å². The summed E-state index contributed by atoms with van der Waals surface area (Å²) in [6, 6.07) is 15.8. The summed E-state index contributed by atoms with van der Waals surface area (Å²) in [6.07, 6.45) is -4.07. The van der Waals surface area contributed by atoms with Gasteiger partial charge >= 0.3 is 12.1 Å². The molecule has 15 heteroatoms. The summed E-state index contributed by atoms with van der Waals surface area (Å²) in [5.41, 5.74) is 3.06. The first-order chi connectivity index (χ1) is 23.1. The average Bonchev–Trinajstić information content (AvgIpc) is 3.03. The number of hydrogen-bond donors (Lipinski definition) is 3. The minimum Gasteiger partial charge on any atom is -0.490 e. The summed E-state index contributed by atoms with van der Waals surface area (Å²) in [4.78, 5) is 31.0. The van der Waals surface area contributed by atoms with Crippen molar-refractivity contribution in [1.82, 2.24) is 10.3 Å². The van der Waals surface area contributed by atoms with Crippen LogP contribution in [0.2, 0.25) is 0 Å². The highest BCUT2D eigenvalue weighted by atomic mass is 32.2. The molecule has 0 aliphatic heterocycles. The van der Waals surface area contributed by atoms with Crippen LogP contribution in [0.1, 0.15) is 45.2 Å². The highest BCUT2D eigenvalue weighted by molar-refractivity contribution is 7.91. The van der Waals surface area contributed by atoms with Gasteiger partial charge in [0.05, 0.1) is 23.4 Å². The Labute approximate surface area is 281 Å². The van der Waals surface area contributed by atoms with Crippen LogP contribution >= 0.6 is 0 Å². The van der Waals surface area contributed by atoms with E-state index in [1.165, 1.54) is 60.8 Å². The van der Waals surface area contributed by atoms with Gasteiger partial charge in [0.15, 0.2) is 21.3 Å². The van der Waals surface area contributed by atoms with Crippen molar-refractivity contribution < 1.29 is 45.4 Å². The monoisotopic (exact) mass is 702 g/mol. The highest BCUT2D eigenvalue weighted by Crippen LogP contribution is 2.38. The van der Waals surface area contributed by atoms with Crippen molar-refractivity contribution in [3.8, 4) is 11.5 Å². The van der Waals surface area contributed by atoms with Gasteiger partial charge in [0.25, 0.3) is 11.6 Å². The van der Waals surface area contributed by atoms with Crippen LogP contribution < -0.4 is 25.8 Å². The van der Waals surface area contributed by atoms with E-state index in [1.807, 2.05) is 0 Å². The predicted octanol–water partition coefficient (Wildman–Crippen LogP) is 5.87. The maximum absolute atomic E-state index is 14.4. The molecule has 4 N–H and O–H groups in total. The number of anilines is 2. The molecule has 1 unspecified atom stereocenters. The highest BCUT2D eigenvalue weighted by Gasteiger charge is 2.52. The van der Waals surface area contributed by atoms with Crippen LogP contribution in [0.15, 0.2) is 77.8 Å². The lowest BCUT2D eigenvalue weighted by molar-refractivity contribution is -0.213. The molecule has 0 saturated heterocycles. The molecule has 1 atom stereocenters. The molecule has 49 heavy (non-hydrogen) atoms. The van der Waals surface area contributed by atoms with E-state index >= 15 is 0 Å². The smallest absolute Gasteiger partial charge is 0.490 e. The number of amides is 1. The minimum absolute atomic E-state index is 0.0578. The Balaban J connectivity index is 1.92. The second-order valence-electron chi connectivity index (χ2n) is 11.2. The molecular formula is C34H37F3N4O7S. The van der Waals surface area contributed by atoms with E-state index in [0.717, 1.165) is 0 Å². The summed E-state index contributed by atoms with van der Waals surface area (Å²) in [7, 11) is -3.76. The Morgan fingerprint density at radius 1 is 0.980 bits per heavy atom. The number of halogens is 3. The Kier molecular flexibility index (Phi) is 11.3. The topological polar surface area (TPSA) is 159 Å². The number of nitrogens with one attached hydrogen (secondary N) is 2. The molecule has 0 aliphatic rings. The zero-order valence-electron chi connectivity index (χ0n) is 27.3. The van der Waals surface area contributed by atoms with E-state index in [0.29, 0.717) is 17.2 Å². The van der Waals surface area contributed by atoms with Crippen molar-refractivity contribution >= 4 is 44.0 Å². The van der Waals surface area contributed by atoms with Gasteiger partial charge in [-0.1, -0.05) is 25.1 Å². The van der Waals surface area contributed by atoms with Crippen molar-refractivity contribution in [3.63, 3.8) is 0 Å². The first kappa shape index (κ1) is 36.8. The van der Waals surface area contributed by atoms with Crippen molar-refractivity contribution in [2.45, 2.75) is 63.6 Å². The maximum Gasteiger partial charge on any atom is 0.491 e. The summed E-state index contributed by atoms with van der Waals surface area (Å²) >= 11 is 0. The van der Waals surface area contributed by atoms with Crippen LogP contribution in [0.3, 0.4) is 0 Å². The predicted molar refractivity (Wildman–Crippen MR) is 178 cm³/mol. The number of carbonyl (C=O) groups excluding carboxylic acids is 2. The molecule has 0 spiro atoms. The molecular weight excluding hydrogens is 665 g/mol. The fourth-order valence-electron chi connectivity index (χ4n) is 5.05. The van der Waals surface area contributed by atoms with Crippen LogP contribution in [-0.4, -0.2) is 49.9 Å². The van der Waals surface area contributed by atoms with Crippen molar-refractivity contribution in [2.75, 3.05) is 23.4 Å². The SMILES string of the molecule is CCCS(=O)(=O)c1ccccc1CNC(=O)C(Nc1ccc2c(N)nccc2c1)(OC(=O)C(F)(F)F)c1ccc(OC(C)C)c(OCC)c1. The van der Waals surface area contributed by atoms with Crippen LogP contribution in [0.4, 0.5) is 24.7 Å². The van der Waals surface area contributed by atoms with Gasteiger partial charge in [-0.25, -0.2) is 18.2 Å². The summed E-state index contributed by atoms with van der Waals surface area (Å²) in [5.74, 6) is -3.61. The van der Waals surface area contributed by atoms with Gasteiger partial charge < -0.3 is 30.6 Å². The summed E-state index contributed by atoms with van der Waals surface area (Å²) < 4.78 is 84.3. The van der Waals surface area contributed by atoms with Gasteiger partial charge in [0.1, 0.15) is 5.82 Å². The van der Waals surface area contributed by atoms with Gasteiger partial charge in [-0.2, -0.15) is 13.2 Å². The standard InChI is InChI=1S/C34H37F3N4O7S/c1-5-17-49(44,45)29-10-8-7-9-23(29)20-40-31(42)33(48-32(43)34(35,36)37,24-11-14-27(47-21(3)4)28(19-24)46-6-2)41-25-12-13-26-22(18-25)15-16-39-30(26)38/h7-16,18-19,21,41H,5-6,17,20H2,1-4H3,(H2,38,39)(H,40,42). The van der Waals surface area contributed by atoms with E-state index in [4.69, 9.17) is 19.9 Å². The van der Waals surface area contributed by atoms with E-state index in [1.54, 1.807) is 39.8 Å². The molecule has 1 amide bonds. The molecule has 1 aromatic heterocycles. The van der Waals surface area contributed by atoms with Gasteiger partial charge in [-0.15, -0.1) is 0 Å². The van der Waals surface area contributed by atoms with Gasteiger partial charge in [-0.05, 0) is 86.7 Å². The number of nitrogen functional groups attached to an aromatic ring is 1. The number of benzene rings is 3. The third-order valence-corrected chi connectivity index (χ3v) is 9.16. The number of nitrogens with zero attached hydrogens (tertiary/aromatic N) is 1. The quantitative estimate of drug-likeness (QED) is 0.107. The number of alkyl halides is 3. The lowest BCUT2D eigenvalue weighted by atomic mass is 9.99. The number of rotatable bonds is 14. The normalized spacial score (nSPS) is 13.1. The molecule has 4 aromatic rings. The Hall–Kier alpha value is -5.05. The Bertz CT molecular complexity index is 1940. The van der Waals surface area contributed by atoms with Crippen LogP contribution in [0, 0.1) is 0 Å². The minimum atomic E-state index is -5.51. The lowest BCUT2D eigenvalue weighted by Crippen LogP contribution is -2.54. The number of hydrogen-bond acceptors (Lipinski definition) is 10. The molecule has 0 fully saturated rings. The number of esters is 1. The number of pyridine rings is 1. The van der Waals surface area contributed by atoms with Gasteiger partial charge in [0.2, 0.25) is 0 Å². The third-order valence-electron chi connectivity index (χ3n) is 7.15. The zero-order chi connectivity index (χ0) is 36.0. The first-order valence-electron chi connectivity index (χ1n) is 15.4. The lowest BCUT2D eigenvalue weighted by Gasteiger charge is -2.35. The first-order valence-corrected chi connectivity index (χ1v) is 17.0. The van der Waals surface area contributed by atoms with Crippen LogP contribution in [-0.2, 0) is 36.4 Å². The number of ether oxygens (including phenoxy) is 3. The molecule has 0 saturated carbocycles. The van der Waals surface area contributed by atoms with E-state index < -0.39 is 40.2 Å². The molecule has 0 aliphatic carbocycles. The Morgan fingerprint density at radius 3 is 2.39 bits per heavy atom. The summed E-state index contributed by atoms with van der Waals surface area (Å²) in [6.45, 7) is 6.56. The second kappa shape index (κ2) is 15.0. The van der Waals surface area contributed by atoms with Crippen molar-refractivity contribution in [3.05, 3.63) is 84.1 Å². The van der Waals surface area contributed by atoms with E-state index in [-0.39, 0.29) is 57.5 Å². The molecule has 0 bridgehead atoms. The molecule has 4 rings (SSSR count). The molecule has 262 valence electrons. The molecule has 1 heterocycles. The van der Waals surface area contributed by atoms with E-state index in [9.17, 15) is 31.2 Å². The molecule has 11 nitrogen and oxygen atoms in total. The van der Waals surface area contributed by atoms with Gasteiger partial charge in [-0.3, -0.25) is 4.79 Å². The second-order valence-corrected chi connectivity index (χ2v) is 13.3. The van der Waals surface area contributed by atoms with Crippen LogP contribution in [0.5, 0.6) is 11.5 Å². The number of carbonyl (C=O) groups is 2.